The summed E-state index contributed by atoms with van der Waals surface area (Å²) >= 11 is 0. The van der Waals surface area contributed by atoms with E-state index in [2.05, 4.69) is 0 Å². The van der Waals surface area contributed by atoms with Crippen molar-refractivity contribution in [2.45, 2.75) is 12.8 Å². The third kappa shape index (κ3) is 2.49. The van der Waals surface area contributed by atoms with Gasteiger partial charge in [-0.05, 0) is 24.1 Å². The molecule has 0 fully saturated rings. The van der Waals surface area contributed by atoms with Crippen LogP contribution in [-0.2, 0) is 11.2 Å². The van der Waals surface area contributed by atoms with Gasteiger partial charge in [0, 0.05) is 6.42 Å². The standard InChI is InChI=1S/C10H9NO3/c11-6-7-1-2-8(9(12)5-7)3-4-10(13)14/h1-2,5,12H,3-4H2,(H,13,14). The number of carbonyl (C=O) groups is 1. The number of phenols is 1. The molecule has 2 N–H and O–H groups in total. The van der Waals surface area contributed by atoms with Gasteiger partial charge in [-0.2, -0.15) is 5.26 Å². The van der Waals surface area contributed by atoms with Gasteiger partial charge in [0.15, 0.2) is 0 Å². The lowest BCUT2D eigenvalue weighted by atomic mass is 10.1. The number of aliphatic carboxylic acids is 1. The molecule has 1 aromatic rings. The molecule has 1 aromatic carbocycles. The van der Waals surface area contributed by atoms with Crippen LogP contribution in [0.5, 0.6) is 5.75 Å². The van der Waals surface area contributed by atoms with Crippen molar-refractivity contribution in [3.63, 3.8) is 0 Å². The molecular formula is C10H9NO3. The Hall–Kier alpha value is -2.02. The fourth-order valence-corrected chi connectivity index (χ4v) is 1.09. The summed E-state index contributed by atoms with van der Waals surface area (Å²) in [5.74, 6) is -0.931. The van der Waals surface area contributed by atoms with E-state index in [1.54, 1.807) is 12.1 Å². The van der Waals surface area contributed by atoms with Crippen LogP contribution in [0.1, 0.15) is 17.5 Å². The van der Waals surface area contributed by atoms with E-state index in [0.29, 0.717) is 11.1 Å². The summed E-state index contributed by atoms with van der Waals surface area (Å²) in [4.78, 5) is 10.3. The second-order valence-corrected chi connectivity index (χ2v) is 2.85. The number of hydrogen-bond acceptors (Lipinski definition) is 3. The molecule has 0 spiro atoms. The average molecular weight is 191 g/mol. The maximum atomic E-state index is 10.3. The van der Waals surface area contributed by atoms with Gasteiger partial charge in [-0.25, -0.2) is 0 Å². The predicted octanol–water partition coefficient (Wildman–Crippen LogP) is 1.28. The molecule has 0 unspecified atom stereocenters. The van der Waals surface area contributed by atoms with Gasteiger partial charge in [0.25, 0.3) is 0 Å². The number of carboxylic acid groups (broad SMARTS) is 1. The molecule has 0 amide bonds. The number of phenolic OH excluding ortho intramolecular Hbond substituents is 1. The van der Waals surface area contributed by atoms with Gasteiger partial charge in [0.05, 0.1) is 11.6 Å². The molecule has 0 aromatic heterocycles. The minimum atomic E-state index is -0.909. The summed E-state index contributed by atoms with van der Waals surface area (Å²) in [6.45, 7) is 0. The summed E-state index contributed by atoms with van der Waals surface area (Å²) in [7, 11) is 0. The predicted molar refractivity (Wildman–Crippen MR) is 48.8 cm³/mol. The molecule has 4 heteroatoms. The first-order valence-corrected chi connectivity index (χ1v) is 4.07. The van der Waals surface area contributed by atoms with E-state index in [-0.39, 0.29) is 18.6 Å². The zero-order valence-corrected chi connectivity index (χ0v) is 7.40. The topological polar surface area (TPSA) is 81.3 Å². The van der Waals surface area contributed by atoms with Crippen molar-refractivity contribution in [3.05, 3.63) is 29.3 Å². The van der Waals surface area contributed by atoms with Crippen LogP contribution in [0.4, 0.5) is 0 Å². The molecule has 14 heavy (non-hydrogen) atoms. The van der Waals surface area contributed by atoms with E-state index >= 15 is 0 Å². The summed E-state index contributed by atoms with van der Waals surface area (Å²) < 4.78 is 0. The first-order chi connectivity index (χ1) is 6.63. The smallest absolute Gasteiger partial charge is 0.303 e. The Kier molecular flexibility index (Phi) is 3.08. The molecule has 4 nitrogen and oxygen atoms in total. The molecule has 0 bridgehead atoms. The number of aryl methyl sites for hydroxylation is 1. The van der Waals surface area contributed by atoms with Crippen molar-refractivity contribution in [3.8, 4) is 11.8 Å². The van der Waals surface area contributed by atoms with Crippen molar-refractivity contribution < 1.29 is 15.0 Å². The van der Waals surface area contributed by atoms with Crippen molar-refractivity contribution in [1.82, 2.24) is 0 Å². The van der Waals surface area contributed by atoms with Crippen LogP contribution in [0, 0.1) is 11.3 Å². The molecule has 0 aliphatic heterocycles. The van der Waals surface area contributed by atoms with Crippen molar-refractivity contribution in [2.24, 2.45) is 0 Å². The first kappa shape index (κ1) is 10.1. The van der Waals surface area contributed by atoms with E-state index in [9.17, 15) is 9.90 Å². The summed E-state index contributed by atoms with van der Waals surface area (Å²) in [6.07, 6.45) is 0.242. The van der Waals surface area contributed by atoms with Gasteiger partial charge in [0.1, 0.15) is 5.75 Å². The van der Waals surface area contributed by atoms with Crippen LogP contribution >= 0.6 is 0 Å². The third-order valence-electron chi connectivity index (χ3n) is 1.82. The maximum Gasteiger partial charge on any atom is 0.303 e. The van der Waals surface area contributed by atoms with Crippen molar-refractivity contribution >= 4 is 5.97 Å². The van der Waals surface area contributed by atoms with Gasteiger partial charge in [0.2, 0.25) is 0 Å². The molecule has 0 saturated heterocycles. The molecular weight excluding hydrogens is 182 g/mol. The van der Waals surface area contributed by atoms with E-state index in [0.717, 1.165) is 0 Å². The Balaban J connectivity index is 2.80. The Morgan fingerprint density at radius 2 is 2.21 bits per heavy atom. The summed E-state index contributed by atoms with van der Waals surface area (Å²) in [5.41, 5.74) is 0.910. The number of benzene rings is 1. The van der Waals surface area contributed by atoms with Gasteiger partial charge in [-0.1, -0.05) is 6.07 Å². The van der Waals surface area contributed by atoms with Crippen LogP contribution in [0.15, 0.2) is 18.2 Å². The van der Waals surface area contributed by atoms with Crippen LogP contribution in [0.25, 0.3) is 0 Å². The van der Waals surface area contributed by atoms with Crippen LogP contribution < -0.4 is 0 Å². The van der Waals surface area contributed by atoms with Crippen LogP contribution in [0.2, 0.25) is 0 Å². The number of carboxylic acids is 1. The third-order valence-corrected chi connectivity index (χ3v) is 1.82. The van der Waals surface area contributed by atoms with Crippen LogP contribution in [0.3, 0.4) is 0 Å². The lowest BCUT2D eigenvalue weighted by molar-refractivity contribution is -0.136. The summed E-state index contributed by atoms with van der Waals surface area (Å²) in [6, 6.07) is 6.33. The molecule has 1 rings (SSSR count). The summed E-state index contributed by atoms with van der Waals surface area (Å²) in [5, 5.41) is 26.3. The van der Waals surface area contributed by atoms with E-state index in [1.807, 2.05) is 6.07 Å². The maximum absolute atomic E-state index is 10.3. The monoisotopic (exact) mass is 191 g/mol. The molecule has 0 radical (unpaired) electrons. The Bertz CT molecular complexity index is 393. The number of nitrogens with zero attached hydrogens (tertiary/aromatic N) is 1. The highest BCUT2D eigenvalue weighted by Crippen LogP contribution is 2.19. The Morgan fingerprint density at radius 1 is 1.50 bits per heavy atom. The molecule has 0 saturated carbocycles. The lowest BCUT2D eigenvalue weighted by Crippen LogP contribution is -1.97. The Morgan fingerprint density at radius 3 is 2.71 bits per heavy atom. The van der Waals surface area contributed by atoms with Gasteiger partial charge in [-0.3, -0.25) is 4.79 Å². The van der Waals surface area contributed by atoms with Crippen molar-refractivity contribution in [1.29, 1.82) is 5.26 Å². The van der Waals surface area contributed by atoms with Crippen molar-refractivity contribution in [2.75, 3.05) is 0 Å². The fourth-order valence-electron chi connectivity index (χ4n) is 1.09. The van der Waals surface area contributed by atoms with E-state index in [1.165, 1.54) is 6.07 Å². The second kappa shape index (κ2) is 4.28. The number of rotatable bonds is 3. The van der Waals surface area contributed by atoms with Gasteiger partial charge < -0.3 is 10.2 Å². The minimum Gasteiger partial charge on any atom is -0.508 e. The average Bonchev–Trinajstić information content (AvgIpc) is 2.15. The zero-order chi connectivity index (χ0) is 10.6. The molecule has 72 valence electrons. The molecule has 0 atom stereocenters. The van der Waals surface area contributed by atoms with E-state index < -0.39 is 5.97 Å². The van der Waals surface area contributed by atoms with Crippen LogP contribution in [-0.4, -0.2) is 16.2 Å². The molecule has 0 aliphatic rings. The molecule has 0 aliphatic carbocycles. The SMILES string of the molecule is N#Cc1ccc(CCC(=O)O)c(O)c1. The fraction of sp³-hybridized carbons (Fsp3) is 0.200. The molecule has 0 heterocycles. The number of aromatic hydroxyl groups is 1. The minimum absolute atomic E-state index is 0.0229. The zero-order valence-electron chi connectivity index (χ0n) is 7.40. The van der Waals surface area contributed by atoms with E-state index in [4.69, 9.17) is 10.4 Å². The Labute approximate surface area is 81.0 Å². The second-order valence-electron chi connectivity index (χ2n) is 2.85. The normalized spacial score (nSPS) is 9.36. The van der Waals surface area contributed by atoms with Gasteiger partial charge in [-0.15, -0.1) is 0 Å². The highest BCUT2D eigenvalue weighted by Gasteiger charge is 2.04. The van der Waals surface area contributed by atoms with Gasteiger partial charge >= 0.3 is 5.97 Å². The lowest BCUT2D eigenvalue weighted by Gasteiger charge is -2.02. The number of nitriles is 1. The largest absolute Gasteiger partial charge is 0.508 e. The quantitative estimate of drug-likeness (QED) is 0.754. The first-order valence-electron chi connectivity index (χ1n) is 4.07. The number of hydrogen-bond donors (Lipinski definition) is 2. The highest BCUT2D eigenvalue weighted by molar-refractivity contribution is 5.67. The highest BCUT2D eigenvalue weighted by atomic mass is 16.4.